The summed E-state index contributed by atoms with van der Waals surface area (Å²) < 4.78 is 0. The van der Waals surface area contributed by atoms with Gasteiger partial charge < -0.3 is 10.9 Å². The Morgan fingerprint density at radius 2 is 2.00 bits per heavy atom. The van der Waals surface area contributed by atoms with E-state index in [2.05, 4.69) is 37.8 Å². The number of amidine groups is 1. The number of oxime groups is 1. The van der Waals surface area contributed by atoms with Crippen LogP contribution in [0.15, 0.2) is 5.16 Å². The van der Waals surface area contributed by atoms with Gasteiger partial charge in [-0.1, -0.05) is 19.0 Å². The first-order valence-electron chi connectivity index (χ1n) is 5.28. The van der Waals surface area contributed by atoms with Crippen molar-refractivity contribution in [3.63, 3.8) is 0 Å². The van der Waals surface area contributed by atoms with Gasteiger partial charge in [0, 0.05) is 18.5 Å². The Hall–Kier alpha value is -0.770. The summed E-state index contributed by atoms with van der Waals surface area (Å²) in [6.45, 7) is 9.58. The lowest BCUT2D eigenvalue weighted by Crippen LogP contribution is -2.42. The van der Waals surface area contributed by atoms with Gasteiger partial charge in [-0.05, 0) is 26.8 Å². The molecule has 0 bridgehead atoms. The lowest BCUT2D eigenvalue weighted by Gasteiger charge is -2.33. The Bertz CT molecular complexity index is 180. The second-order valence-corrected chi connectivity index (χ2v) is 3.78. The maximum Gasteiger partial charge on any atom is 0.140 e. The maximum absolute atomic E-state index is 8.52. The summed E-state index contributed by atoms with van der Waals surface area (Å²) in [5.74, 6) is 0.316. The van der Waals surface area contributed by atoms with E-state index in [9.17, 15) is 0 Å². The van der Waals surface area contributed by atoms with Crippen LogP contribution in [0.2, 0.25) is 0 Å². The molecule has 3 N–H and O–H groups in total. The zero-order valence-electron chi connectivity index (χ0n) is 9.70. The third kappa shape index (κ3) is 3.96. The molecule has 14 heavy (non-hydrogen) atoms. The Kier molecular flexibility index (Phi) is 6.28. The van der Waals surface area contributed by atoms with Gasteiger partial charge in [0.15, 0.2) is 0 Å². The van der Waals surface area contributed by atoms with Gasteiger partial charge in [0.2, 0.25) is 0 Å². The second kappa shape index (κ2) is 6.65. The van der Waals surface area contributed by atoms with E-state index in [-0.39, 0.29) is 0 Å². The quantitative estimate of drug-likeness (QED) is 0.297. The minimum atomic E-state index is 0.316. The zero-order chi connectivity index (χ0) is 11.1. The van der Waals surface area contributed by atoms with Crippen LogP contribution in [0.1, 0.15) is 40.5 Å². The van der Waals surface area contributed by atoms with E-state index in [0.717, 1.165) is 13.0 Å². The van der Waals surface area contributed by atoms with Crippen molar-refractivity contribution in [3.05, 3.63) is 0 Å². The van der Waals surface area contributed by atoms with Crippen molar-refractivity contribution in [1.29, 1.82) is 0 Å². The number of hydrogen-bond acceptors (Lipinski definition) is 3. The lowest BCUT2D eigenvalue weighted by atomic mass is 10.1. The lowest BCUT2D eigenvalue weighted by molar-refractivity contribution is 0.160. The molecule has 0 aliphatic carbocycles. The molecular formula is C10H23N3O. The third-order valence-corrected chi connectivity index (χ3v) is 2.54. The van der Waals surface area contributed by atoms with Crippen molar-refractivity contribution in [2.45, 2.75) is 52.6 Å². The van der Waals surface area contributed by atoms with E-state index in [0.29, 0.717) is 24.3 Å². The van der Waals surface area contributed by atoms with Gasteiger partial charge in [0.1, 0.15) is 5.84 Å². The summed E-state index contributed by atoms with van der Waals surface area (Å²) in [6.07, 6.45) is 1.65. The Labute approximate surface area is 86.8 Å². The van der Waals surface area contributed by atoms with Crippen LogP contribution in [0.4, 0.5) is 0 Å². The van der Waals surface area contributed by atoms with Crippen molar-refractivity contribution in [1.82, 2.24) is 4.90 Å². The molecule has 0 spiro atoms. The highest BCUT2D eigenvalue weighted by atomic mass is 16.4. The Balaban J connectivity index is 4.36. The van der Waals surface area contributed by atoms with Gasteiger partial charge in [0.05, 0.1) is 0 Å². The molecule has 1 unspecified atom stereocenters. The molecule has 0 aromatic heterocycles. The first-order chi connectivity index (χ1) is 6.56. The van der Waals surface area contributed by atoms with Gasteiger partial charge >= 0.3 is 0 Å². The van der Waals surface area contributed by atoms with Gasteiger partial charge in [-0.2, -0.15) is 0 Å². The van der Waals surface area contributed by atoms with Crippen LogP contribution in [-0.2, 0) is 0 Å². The van der Waals surface area contributed by atoms with E-state index in [1.807, 2.05) is 0 Å². The summed E-state index contributed by atoms with van der Waals surface area (Å²) in [4.78, 5) is 2.36. The molecule has 0 rings (SSSR count). The van der Waals surface area contributed by atoms with Crippen LogP contribution < -0.4 is 5.73 Å². The minimum absolute atomic E-state index is 0.316. The van der Waals surface area contributed by atoms with Gasteiger partial charge in [0.25, 0.3) is 0 Å². The highest BCUT2D eigenvalue weighted by molar-refractivity contribution is 5.80. The Morgan fingerprint density at radius 3 is 2.29 bits per heavy atom. The fourth-order valence-electron chi connectivity index (χ4n) is 1.82. The molecule has 0 aromatic carbocycles. The van der Waals surface area contributed by atoms with Crippen molar-refractivity contribution in [2.75, 3.05) is 6.54 Å². The van der Waals surface area contributed by atoms with Crippen molar-refractivity contribution < 1.29 is 5.21 Å². The predicted molar refractivity (Wildman–Crippen MR) is 59.6 cm³/mol. The molecule has 0 amide bonds. The molecule has 0 saturated heterocycles. The number of rotatable bonds is 6. The highest BCUT2D eigenvalue weighted by Crippen LogP contribution is 2.12. The first-order valence-corrected chi connectivity index (χ1v) is 5.28. The van der Waals surface area contributed by atoms with E-state index in [1.54, 1.807) is 0 Å². The Morgan fingerprint density at radius 1 is 1.43 bits per heavy atom. The summed E-state index contributed by atoms with van der Waals surface area (Å²) in [5.41, 5.74) is 5.52. The van der Waals surface area contributed by atoms with E-state index < -0.39 is 0 Å². The zero-order valence-corrected chi connectivity index (χ0v) is 9.70. The number of nitrogens with zero attached hydrogens (tertiary/aromatic N) is 2. The molecule has 0 saturated carbocycles. The van der Waals surface area contributed by atoms with Crippen molar-refractivity contribution >= 4 is 5.84 Å². The van der Waals surface area contributed by atoms with E-state index >= 15 is 0 Å². The van der Waals surface area contributed by atoms with Gasteiger partial charge in [-0.3, -0.25) is 4.90 Å². The fourth-order valence-corrected chi connectivity index (χ4v) is 1.82. The molecule has 0 radical (unpaired) electrons. The van der Waals surface area contributed by atoms with E-state index in [4.69, 9.17) is 10.9 Å². The average Bonchev–Trinajstić information content (AvgIpc) is 2.16. The highest BCUT2D eigenvalue weighted by Gasteiger charge is 2.18. The number of nitrogens with two attached hydrogens (primary N) is 1. The molecule has 0 aliphatic heterocycles. The summed E-state index contributed by atoms with van der Waals surface area (Å²) >= 11 is 0. The molecule has 84 valence electrons. The minimum Gasteiger partial charge on any atom is -0.409 e. The molecule has 4 heteroatoms. The smallest absolute Gasteiger partial charge is 0.140 e. The molecular weight excluding hydrogens is 178 g/mol. The van der Waals surface area contributed by atoms with Crippen LogP contribution in [0.25, 0.3) is 0 Å². The van der Waals surface area contributed by atoms with Crippen LogP contribution in [-0.4, -0.2) is 34.6 Å². The summed E-state index contributed by atoms with van der Waals surface area (Å²) in [6, 6.07) is 0.868. The van der Waals surface area contributed by atoms with Crippen LogP contribution in [0, 0.1) is 0 Å². The molecule has 0 heterocycles. The van der Waals surface area contributed by atoms with Crippen molar-refractivity contribution in [2.24, 2.45) is 10.9 Å². The standard InChI is InChI=1S/C10H23N3O/c1-5-9(7-10(11)12-14)13(6-2)8(3)4/h8-9,14H,5-7H2,1-4H3,(H2,11,12). The molecule has 4 nitrogen and oxygen atoms in total. The molecule has 1 atom stereocenters. The topological polar surface area (TPSA) is 61.9 Å². The predicted octanol–water partition coefficient (Wildman–Crippen LogP) is 1.63. The monoisotopic (exact) mass is 201 g/mol. The maximum atomic E-state index is 8.52. The molecule has 0 aromatic rings. The first kappa shape index (κ1) is 13.2. The second-order valence-electron chi connectivity index (χ2n) is 3.78. The number of hydrogen-bond donors (Lipinski definition) is 2. The van der Waals surface area contributed by atoms with E-state index in [1.165, 1.54) is 0 Å². The summed E-state index contributed by atoms with van der Waals surface area (Å²) in [7, 11) is 0. The molecule has 0 fully saturated rings. The van der Waals surface area contributed by atoms with Gasteiger partial charge in [-0.25, -0.2) is 0 Å². The van der Waals surface area contributed by atoms with Crippen LogP contribution in [0.3, 0.4) is 0 Å². The van der Waals surface area contributed by atoms with Crippen LogP contribution in [0.5, 0.6) is 0 Å². The van der Waals surface area contributed by atoms with Crippen LogP contribution >= 0.6 is 0 Å². The summed E-state index contributed by atoms with van der Waals surface area (Å²) in [5, 5.41) is 11.5. The largest absolute Gasteiger partial charge is 0.409 e. The SMILES string of the molecule is CCC(C/C(N)=N/O)N(CC)C(C)C. The third-order valence-electron chi connectivity index (χ3n) is 2.54. The van der Waals surface area contributed by atoms with Crippen molar-refractivity contribution in [3.8, 4) is 0 Å². The molecule has 0 aliphatic rings. The van der Waals surface area contributed by atoms with Gasteiger partial charge in [-0.15, -0.1) is 0 Å². The fraction of sp³-hybridized carbons (Fsp3) is 0.900. The average molecular weight is 201 g/mol. The normalized spacial score (nSPS) is 15.1.